The van der Waals surface area contributed by atoms with Crippen molar-refractivity contribution >= 4 is 0 Å². The third kappa shape index (κ3) is 3.45. The number of methoxy groups -OCH3 is 1. The first-order valence-corrected chi connectivity index (χ1v) is 6.70. The van der Waals surface area contributed by atoms with Gasteiger partial charge in [-0.25, -0.2) is 8.78 Å². The summed E-state index contributed by atoms with van der Waals surface area (Å²) in [6.07, 6.45) is 0. The maximum Gasteiger partial charge on any atom is 0.258 e. The van der Waals surface area contributed by atoms with Gasteiger partial charge in [-0.2, -0.15) is 4.98 Å². The molecule has 1 aromatic heterocycles. The Morgan fingerprint density at radius 2 is 1.87 bits per heavy atom. The molecule has 0 aliphatic carbocycles. The maximum absolute atomic E-state index is 13.5. The van der Waals surface area contributed by atoms with Crippen molar-refractivity contribution in [3.8, 4) is 23.0 Å². The van der Waals surface area contributed by atoms with Gasteiger partial charge in [0.2, 0.25) is 5.82 Å². The fraction of sp³-hybridized carbons (Fsp3) is 0.125. The molecule has 2 aromatic carbocycles. The zero-order chi connectivity index (χ0) is 16.2. The van der Waals surface area contributed by atoms with E-state index in [9.17, 15) is 8.78 Å². The molecule has 0 amide bonds. The van der Waals surface area contributed by atoms with E-state index < -0.39 is 11.6 Å². The summed E-state index contributed by atoms with van der Waals surface area (Å²) in [7, 11) is 1.58. The van der Waals surface area contributed by atoms with Crippen LogP contribution in [0.4, 0.5) is 8.78 Å². The van der Waals surface area contributed by atoms with E-state index in [1.54, 1.807) is 31.4 Å². The highest BCUT2D eigenvalue weighted by atomic mass is 19.1. The molecule has 0 aliphatic rings. The lowest BCUT2D eigenvalue weighted by molar-refractivity contribution is 0.273. The van der Waals surface area contributed by atoms with Gasteiger partial charge in [0.25, 0.3) is 5.89 Å². The standard InChI is InChI=1S/C16H12F2N2O3/c1-21-12-5-2-10(3-6-12)16-19-15(20-23-16)9-22-14-7-4-11(17)8-13(14)18/h2-8H,9H2,1H3. The van der Waals surface area contributed by atoms with Gasteiger partial charge in [0.1, 0.15) is 11.6 Å². The van der Waals surface area contributed by atoms with Crippen LogP contribution >= 0.6 is 0 Å². The molecular formula is C16H12F2N2O3. The van der Waals surface area contributed by atoms with Gasteiger partial charge in [0.15, 0.2) is 18.2 Å². The lowest BCUT2D eigenvalue weighted by atomic mass is 10.2. The van der Waals surface area contributed by atoms with E-state index in [0.29, 0.717) is 11.6 Å². The van der Waals surface area contributed by atoms with Crippen LogP contribution in [0.1, 0.15) is 5.82 Å². The van der Waals surface area contributed by atoms with Gasteiger partial charge in [-0.15, -0.1) is 0 Å². The number of halogens is 2. The first-order chi connectivity index (χ1) is 11.2. The summed E-state index contributed by atoms with van der Waals surface area (Å²) in [6, 6.07) is 10.1. The molecule has 0 radical (unpaired) electrons. The van der Waals surface area contributed by atoms with E-state index in [4.69, 9.17) is 14.0 Å². The summed E-state index contributed by atoms with van der Waals surface area (Å²) in [5.74, 6) is -0.267. The maximum atomic E-state index is 13.5. The van der Waals surface area contributed by atoms with Crippen LogP contribution < -0.4 is 9.47 Å². The van der Waals surface area contributed by atoms with Crippen LogP contribution in [-0.2, 0) is 6.61 Å². The fourth-order valence-corrected chi connectivity index (χ4v) is 1.90. The predicted molar refractivity (Wildman–Crippen MR) is 77.0 cm³/mol. The Morgan fingerprint density at radius 3 is 2.57 bits per heavy atom. The molecule has 0 spiro atoms. The SMILES string of the molecule is COc1ccc(-c2nc(COc3ccc(F)cc3F)no2)cc1. The molecule has 118 valence electrons. The fourth-order valence-electron chi connectivity index (χ4n) is 1.90. The molecule has 0 saturated carbocycles. The number of rotatable bonds is 5. The van der Waals surface area contributed by atoms with Crippen molar-refractivity contribution < 1.29 is 22.8 Å². The van der Waals surface area contributed by atoms with Crippen LogP contribution in [0.15, 0.2) is 47.0 Å². The average molecular weight is 318 g/mol. The minimum Gasteiger partial charge on any atom is -0.497 e. The minimum absolute atomic E-state index is 0.0813. The predicted octanol–water partition coefficient (Wildman–Crippen LogP) is 3.60. The van der Waals surface area contributed by atoms with E-state index in [1.807, 2.05) is 0 Å². The molecule has 0 atom stereocenters. The third-order valence-electron chi connectivity index (χ3n) is 3.06. The van der Waals surface area contributed by atoms with Crippen LogP contribution in [0.2, 0.25) is 0 Å². The van der Waals surface area contributed by atoms with Crippen molar-refractivity contribution in [1.82, 2.24) is 10.1 Å². The zero-order valence-electron chi connectivity index (χ0n) is 12.1. The monoisotopic (exact) mass is 318 g/mol. The summed E-state index contributed by atoms with van der Waals surface area (Å²) >= 11 is 0. The number of hydrogen-bond donors (Lipinski definition) is 0. The van der Waals surface area contributed by atoms with Crippen molar-refractivity contribution in [3.05, 3.63) is 59.9 Å². The molecule has 3 rings (SSSR count). The molecule has 0 aliphatic heterocycles. The molecular weight excluding hydrogens is 306 g/mol. The number of aromatic nitrogens is 2. The Bertz CT molecular complexity index is 803. The first kappa shape index (κ1) is 15.0. The molecule has 0 fully saturated rings. The molecule has 3 aromatic rings. The number of benzene rings is 2. The summed E-state index contributed by atoms with van der Waals surface area (Å²) in [4.78, 5) is 4.16. The highest BCUT2D eigenvalue weighted by molar-refractivity contribution is 5.54. The third-order valence-corrected chi connectivity index (χ3v) is 3.06. The molecule has 0 N–H and O–H groups in total. The van der Waals surface area contributed by atoms with Crippen LogP contribution in [-0.4, -0.2) is 17.3 Å². The van der Waals surface area contributed by atoms with Gasteiger partial charge in [-0.1, -0.05) is 5.16 Å². The van der Waals surface area contributed by atoms with Crippen molar-refractivity contribution in [3.63, 3.8) is 0 Å². The summed E-state index contributed by atoms with van der Waals surface area (Å²) < 4.78 is 41.7. The minimum atomic E-state index is -0.788. The van der Waals surface area contributed by atoms with E-state index >= 15 is 0 Å². The van der Waals surface area contributed by atoms with E-state index in [1.165, 1.54) is 6.07 Å². The summed E-state index contributed by atoms with van der Waals surface area (Å²) in [5.41, 5.74) is 0.720. The van der Waals surface area contributed by atoms with Gasteiger partial charge in [-0.3, -0.25) is 0 Å². The second kappa shape index (κ2) is 6.43. The zero-order valence-corrected chi connectivity index (χ0v) is 12.1. The number of ether oxygens (including phenoxy) is 2. The highest BCUT2D eigenvalue weighted by Crippen LogP contribution is 2.22. The topological polar surface area (TPSA) is 57.4 Å². The van der Waals surface area contributed by atoms with Crippen LogP contribution in [0, 0.1) is 11.6 Å². The normalized spacial score (nSPS) is 10.6. The van der Waals surface area contributed by atoms with Crippen molar-refractivity contribution in [1.29, 1.82) is 0 Å². The lowest BCUT2D eigenvalue weighted by Crippen LogP contribution is -1.99. The van der Waals surface area contributed by atoms with Crippen molar-refractivity contribution in [2.24, 2.45) is 0 Å². The average Bonchev–Trinajstić information content (AvgIpc) is 3.03. The van der Waals surface area contributed by atoms with Crippen LogP contribution in [0.25, 0.3) is 11.5 Å². The van der Waals surface area contributed by atoms with E-state index in [0.717, 1.165) is 17.7 Å². The van der Waals surface area contributed by atoms with Gasteiger partial charge in [-0.05, 0) is 36.4 Å². The Morgan fingerprint density at radius 1 is 1.09 bits per heavy atom. The highest BCUT2D eigenvalue weighted by Gasteiger charge is 2.11. The summed E-state index contributed by atoms with van der Waals surface area (Å²) in [6.45, 7) is -0.0950. The Balaban J connectivity index is 1.69. The molecule has 23 heavy (non-hydrogen) atoms. The van der Waals surface area contributed by atoms with Crippen LogP contribution in [0.5, 0.6) is 11.5 Å². The first-order valence-electron chi connectivity index (χ1n) is 6.70. The van der Waals surface area contributed by atoms with Gasteiger partial charge >= 0.3 is 0 Å². The summed E-state index contributed by atoms with van der Waals surface area (Å²) in [5, 5.41) is 3.76. The van der Waals surface area contributed by atoms with E-state index in [-0.39, 0.29) is 18.2 Å². The smallest absolute Gasteiger partial charge is 0.258 e. The number of hydrogen-bond acceptors (Lipinski definition) is 5. The van der Waals surface area contributed by atoms with Gasteiger partial charge < -0.3 is 14.0 Å². The molecule has 0 saturated heterocycles. The molecule has 5 nitrogen and oxygen atoms in total. The molecule has 7 heteroatoms. The van der Waals surface area contributed by atoms with Crippen LogP contribution in [0.3, 0.4) is 0 Å². The second-order valence-corrected chi connectivity index (χ2v) is 4.61. The van der Waals surface area contributed by atoms with Crippen molar-refractivity contribution in [2.75, 3.05) is 7.11 Å². The molecule has 0 bridgehead atoms. The lowest BCUT2D eigenvalue weighted by Gasteiger charge is -2.04. The molecule has 1 heterocycles. The van der Waals surface area contributed by atoms with E-state index in [2.05, 4.69) is 10.1 Å². The largest absolute Gasteiger partial charge is 0.497 e. The Hall–Kier alpha value is -2.96. The van der Waals surface area contributed by atoms with Gasteiger partial charge in [0.05, 0.1) is 7.11 Å². The Kier molecular flexibility index (Phi) is 4.18. The quantitative estimate of drug-likeness (QED) is 0.719. The van der Waals surface area contributed by atoms with Crippen molar-refractivity contribution in [2.45, 2.75) is 6.61 Å². The molecule has 0 unspecified atom stereocenters. The second-order valence-electron chi connectivity index (χ2n) is 4.61. The van der Waals surface area contributed by atoms with Gasteiger partial charge in [0, 0.05) is 11.6 Å². The Labute approximate surface area is 130 Å². The number of nitrogens with zero attached hydrogens (tertiary/aromatic N) is 2.